The van der Waals surface area contributed by atoms with E-state index in [9.17, 15) is 5.11 Å². The summed E-state index contributed by atoms with van der Waals surface area (Å²) in [4.78, 5) is 0. The molecule has 0 unspecified atom stereocenters. The minimum atomic E-state index is -1.82. The normalized spacial score (nSPS) is 19.2. The van der Waals surface area contributed by atoms with Crippen LogP contribution in [0.1, 0.15) is 41.5 Å². The first-order valence-electron chi connectivity index (χ1n) is 9.60. The number of methoxy groups -OCH3 is 1. The standard InChI is InChI=1S/C21H42O4Si/c1-11-12-13-16(2)19(22)18(4)20(24-15-23-8)17(3)14-25-26(9,10)21(5,6)7/h11-13,16-20,22H,1,14-15H2,2-10H3/b13-12-/t16-,17-,18+,19-,20+/m0/s1. The lowest BCUT2D eigenvalue weighted by Crippen LogP contribution is -2.45. The maximum Gasteiger partial charge on any atom is 0.191 e. The molecule has 0 bridgehead atoms. The van der Waals surface area contributed by atoms with Crippen molar-refractivity contribution >= 4 is 8.32 Å². The van der Waals surface area contributed by atoms with Gasteiger partial charge in [0, 0.05) is 31.5 Å². The Kier molecular flexibility index (Phi) is 11.2. The van der Waals surface area contributed by atoms with Crippen LogP contribution in [0.25, 0.3) is 0 Å². The highest BCUT2D eigenvalue weighted by Gasteiger charge is 2.39. The van der Waals surface area contributed by atoms with Crippen molar-refractivity contribution in [1.29, 1.82) is 0 Å². The molecule has 0 spiro atoms. The first kappa shape index (κ1) is 25.5. The van der Waals surface area contributed by atoms with E-state index in [1.165, 1.54) is 0 Å². The highest BCUT2D eigenvalue weighted by molar-refractivity contribution is 6.74. The van der Waals surface area contributed by atoms with Crippen molar-refractivity contribution in [2.75, 3.05) is 20.5 Å². The van der Waals surface area contributed by atoms with Crippen molar-refractivity contribution < 1.29 is 19.0 Å². The molecule has 5 atom stereocenters. The first-order chi connectivity index (χ1) is 11.9. The molecule has 4 nitrogen and oxygen atoms in total. The Morgan fingerprint density at radius 3 is 2.19 bits per heavy atom. The zero-order valence-corrected chi connectivity index (χ0v) is 19.4. The minimum Gasteiger partial charge on any atom is -0.416 e. The molecule has 5 heteroatoms. The smallest absolute Gasteiger partial charge is 0.191 e. The van der Waals surface area contributed by atoms with E-state index < -0.39 is 14.4 Å². The molecule has 0 aromatic rings. The van der Waals surface area contributed by atoms with Crippen LogP contribution in [0.2, 0.25) is 18.1 Å². The average Bonchev–Trinajstić information content (AvgIpc) is 2.56. The quantitative estimate of drug-likeness (QED) is 0.291. The van der Waals surface area contributed by atoms with Crippen molar-refractivity contribution in [2.45, 2.75) is 71.9 Å². The summed E-state index contributed by atoms with van der Waals surface area (Å²) in [6, 6.07) is 0. The van der Waals surface area contributed by atoms with E-state index in [1.54, 1.807) is 13.2 Å². The third-order valence-electron chi connectivity index (χ3n) is 5.60. The summed E-state index contributed by atoms with van der Waals surface area (Å²) in [5.41, 5.74) is 0. The second kappa shape index (κ2) is 11.4. The molecule has 26 heavy (non-hydrogen) atoms. The van der Waals surface area contributed by atoms with Crippen LogP contribution in [-0.2, 0) is 13.9 Å². The monoisotopic (exact) mass is 386 g/mol. The summed E-state index contributed by atoms with van der Waals surface area (Å²) < 4.78 is 17.4. The predicted molar refractivity (Wildman–Crippen MR) is 113 cm³/mol. The number of aliphatic hydroxyl groups is 1. The minimum absolute atomic E-state index is 0.0187. The average molecular weight is 387 g/mol. The Hall–Kier alpha value is -0.463. The number of aliphatic hydroxyl groups excluding tert-OH is 1. The molecule has 0 aromatic heterocycles. The molecule has 0 aliphatic carbocycles. The number of hydrogen-bond acceptors (Lipinski definition) is 4. The van der Waals surface area contributed by atoms with Gasteiger partial charge in [0.15, 0.2) is 8.32 Å². The maximum absolute atomic E-state index is 10.8. The van der Waals surface area contributed by atoms with Crippen molar-refractivity contribution in [2.24, 2.45) is 17.8 Å². The van der Waals surface area contributed by atoms with Gasteiger partial charge >= 0.3 is 0 Å². The molecule has 1 N–H and O–H groups in total. The zero-order chi connectivity index (χ0) is 20.5. The first-order valence-corrected chi connectivity index (χ1v) is 12.5. The van der Waals surface area contributed by atoms with Gasteiger partial charge in [-0.05, 0) is 18.1 Å². The summed E-state index contributed by atoms with van der Waals surface area (Å²) in [5.74, 6) is 0.122. The summed E-state index contributed by atoms with van der Waals surface area (Å²) in [6.07, 6.45) is 4.91. The molecule has 0 fully saturated rings. The van der Waals surface area contributed by atoms with Crippen molar-refractivity contribution in [1.82, 2.24) is 0 Å². The van der Waals surface area contributed by atoms with Crippen molar-refractivity contribution in [3.05, 3.63) is 24.8 Å². The SMILES string of the molecule is C=C/C=C\[C@H](C)[C@H](O)[C@@H](C)[C@H](OCOC)[C@@H](C)CO[Si](C)(C)C(C)(C)C. The van der Waals surface area contributed by atoms with Gasteiger partial charge in [-0.2, -0.15) is 0 Å². The Morgan fingerprint density at radius 2 is 1.73 bits per heavy atom. The molecular formula is C21H42O4Si. The second-order valence-electron chi connectivity index (χ2n) is 8.92. The third kappa shape index (κ3) is 8.05. The molecule has 0 saturated carbocycles. The van der Waals surface area contributed by atoms with Crippen LogP contribution < -0.4 is 0 Å². The Bertz CT molecular complexity index is 428. The van der Waals surface area contributed by atoms with E-state index in [4.69, 9.17) is 13.9 Å². The van der Waals surface area contributed by atoms with Gasteiger partial charge in [-0.1, -0.05) is 66.3 Å². The topological polar surface area (TPSA) is 47.9 Å². The molecule has 0 amide bonds. The summed E-state index contributed by atoms with van der Waals surface area (Å²) in [5, 5.41) is 10.9. The molecule has 0 aliphatic rings. The van der Waals surface area contributed by atoms with Gasteiger partial charge in [-0.3, -0.25) is 0 Å². The fraction of sp³-hybridized carbons (Fsp3) is 0.810. The lowest BCUT2D eigenvalue weighted by atomic mass is 9.84. The maximum atomic E-state index is 10.8. The zero-order valence-electron chi connectivity index (χ0n) is 18.4. The Balaban J connectivity index is 5.10. The fourth-order valence-electron chi connectivity index (χ4n) is 2.67. The number of hydrogen-bond donors (Lipinski definition) is 1. The van der Waals surface area contributed by atoms with Crippen LogP contribution in [0, 0.1) is 17.8 Å². The van der Waals surface area contributed by atoms with Crippen LogP contribution in [0.15, 0.2) is 24.8 Å². The van der Waals surface area contributed by atoms with Crippen LogP contribution in [0.4, 0.5) is 0 Å². The molecular weight excluding hydrogens is 344 g/mol. The van der Waals surface area contributed by atoms with Crippen LogP contribution in [0.3, 0.4) is 0 Å². The van der Waals surface area contributed by atoms with Gasteiger partial charge < -0.3 is 19.0 Å². The van der Waals surface area contributed by atoms with Gasteiger partial charge in [0.2, 0.25) is 0 Å². The van der Waals surface area contributed by atoms with Crippen molar-refractivity contribution in [3.8, 4) is 0 Å². The highest BCUT2D eigenvalue weighted by atomic mass is 28.4. The Labute approximate surface area is 162 Å². The van der Waals surface area contributed by atoms with Crippen molar-refractivity contribution in [3.63, 3.8) is 0 Å². The molecule has 0 heterocycles. The lowest BCUT2D eigenvalue weighted by Gasteiger charge is -2.39. The van der Waals surface area contributed by atoms with E-state index in [0.29, 0.717) is 6.61 Å². The van der Waals surface area contributed by atoms with E-state index in [0.717, 1.165) is 0 Å². The van der Waals surface area contributed by atoms with E-state index in [-0.39, 0.29) is 35.7 Å². The second-order valence-corrected chi connectivity index (χ2v) is 13.7. The van der Waals surface area contributed by atoms with Gasteiger partial charge in [-0.15, -0.1) is 0 Å². The largest absolute Gasteiger partial charge is 0.416 e. The Morgan fingerprint density at radius 1 is 1.15 bits per heavy atom. The van der Waals surface area contributed by atoms with E-state index in [1.807, 2.05) is 26.0 Å². The number of ether oxygens (including phenoxy) is 2. The van der Waals surface area contributed by atoms with Gasteiger partial charge in [0.05, 0.1) is 12.2 Å². The van der Waals surface area contributed by atoms with E-state index >= 15 is 0 Å². The molecule has 0 saturated heterocycles. The van der Waals surface area contributed by atoms with Gasteiger partial charge in [0.25, 0.3) is 0 Å². The fourth-order valence-corrected chi connectivity index (χ4v) is 3.79. The van der Waals surface area contributed by atoms with Gasteiger partial charge in [0.1, 0.15) is 6.79 Å². The highest BCUT2D eigenvalue weighted by Crippen LogP contribution is 2.37. The lowest BCUT2D eigenvalue weighted by molar-refractivity contribution is -0.132. The molecule has 154 valence electrons. The predicted octanol–water partition coefficient (Wildman–Crippen LogP) is 5.01. The number of allylic oxidation sites excluding steroid dienone is 2. The summed E-state index contributed by atoms with van der Waals surface area (Å²) in [6.45, 7) is 21.9. The molecule has 0 rings (SSSR count). The van der Waals surface area contributed by atoms with Crippen LogP contribution >= 0.6 is 0 Å². The number of rotatable bonds is 12. The van der Waals surface area contributed by atoms with Gasteiger partial charge in [-0.25, -0.2) is 0 Å². The molecule has 0 radical (unpaired) electrons. The summed E-state index contributed by atoms with van der Waals surface area (Å²) in [7, 11) is -0.202. The third-order valence-corrected chi connectivity index (χ3v) is 10.1. The molecule has 0 aliphatic heterocycles. The summed E-state index contributed by atoms with van der Waals surface area (Å²) >= 11 is 0. The molecule has 0 aromatic carbocycles. The van der Waals surface area contributed by atoms with E-state index in [2.05, 4.69) is 47.4 Å². The van der Waals surface area contributed by atoms with Crippen LogP contribution in [0.5, 0.6) is 0 Å². The van der Waals surface area contributed by atoms with Crippen LogP contribution in [-0.4, -0.2) is 46.1 Å².